The molecule has 74 valence electrons. The maximum Gasteiger partial charge on any atom is 0.339 e. The molecule has 0 fully saturated rings. The van der Waals surface area contributed by atoms with Gasteiger partial charge in [0, 0.05) is 6.20 Å². The van der Waals surface area contributed by atoms with Crippen LogP contribution in [0.25, 0.3) is 0 Å². The Bertz CT molecular complexity index is 323. The highest BCUT2D eigenvalue weighted by Gasteiger charge is 2.04. The first-order chi connectivity index (χ1) is 6.77. The largest absolute Gasteiger partial charge is 0.465 e. The minimum atomic E-state index is -0.415. The van der Waals surface area contributed by atoms with E-state index >= 15 is 0 Å². The van der Waals surface area contributed by atoms with E-state index in [1.807, 2.05) is 0 Å². The molecule has 0 spiro atoms. The fraction of sp³-hybridized carbons (Fsp3) is 0.250. The highest BCUT2D eigenvalue weighted by molar-refractivity contribution is 5.88. The zero-order chi connectivity index (χ0) is 10.4. The summed E-state index contributed by atoms with van der Waals surface area (Å²) in [7, 11) is 1.32. The van der Waals surface area contributed by atoms with Crippen LogP contribution in [0.1, 0.15) is 16.1 Å². The molecule has 0 aromatic carbocycles. The van der Waals surface area contributed by atoms with Gasteiger partial charge in [0.2, 0.25) is 0 Å². The van der Waals surface area contributed by atoms with Crippen LogP contribution in [-0.4, -0.2) is 18.1 Å². The van der Waals surface area contributed by atoms with Crippen molar-refractivity contribution in [3.05, 3.63) is 29.6 Å². The predicted molar refractivity (Wildman–Crippen MR) is 47.6 cm³/mol. The van der Waals surface area contributed by atoms with Crippen molar-refractivity contribution in [1.29, 1.82) is 5.53 Å². The lowest BCUT2D eigenvalue weighted by molar-refractivity contribution is 0.0600. The monoisotopic (exact) mass is 194 g/mol. The van der Waals surface area contributed by atoms with E-state index in [1.54, 1.807) is 12.1 Å². The van der Waals surface area contributed by atoms with Gasteiger partial charge in [-0.25, -0.2) is 4.79 Å². The summed E-state index contributed by atoms with van der Waals surface area (Å²) in [4.78, 5) is 15.0. The van der Waals surface area contributed by atoms with Gasteiger partial charge in [-0.3, -0.25) is 10.4 Å². The van der Waals surface area contributed by atoms with E-state index < -0.39 is 5.97 Å². The summed E-state index contributed by atoms with van der Waals surface area (Å²) >= 11 is 0. The molecule has 1 heterocycles. The van der Waals surface area contributed by atoms with E-state index in [-0.39, 0.29) is 0 Å². The number of rotatable bonds is 4. The molecule has 6 heteroatoms. The number of hydrogen-bond acceptors (Lipinski definition) is 5. The first-order valence-electron chi connectivity index (χ1n) is 3.90. The SMILES string of the molecule is COC(=O)c1ccc(CNN=N)nc1. The zero-order valence-electron chi connectivity index (χ0n) is 7.65. The molecular weight excluding hydrogens is 184 g/mol. The topological polar surface area (TPSA) is 87.4 Å². The predicted octanol–water partition coefficient (Wildman–Crippen LogP) is 0.904. The summed E-state index contributed by atoms with van der Waals surface area (Å²) in [5.74, 6) is -0.415. The van der Waals surface area contributed by atoms with Gasteiger partial charge in [-0.05, 0) is 12.1 Å². The van der Waals surface area contributed by atoms with Crippen LogP contribution in [0.4, 0.5) is 0 Å². The van der Waals surface area contributed by atoms with Crippen molar-refractivity contribution < 1.29 is 9.53 Å². The Kier molecular flexibility index (Phi) is 3.54. The van der Waals surface area contributed by atoms with Crippen LogP contribution in [0.3, 0.4) is 0 Å². The van der Waals surface area contributed by atoms with Crippen LogP contribution in [0.5, 0.6) is 0 Å². The van der Waals surface area contributed by atoms with Crippen molar-refractivity contribution in [2.45, 2.75) is 6.54 Å². The van der Waals surface area contributed by atoms with Crippen molar-refractivity contribution >= 4 is 5.97 Å². The summed E-state index contributed by atoms with van der Waals surface area (Å²) in [5.41, 5.74) is 10.0. The Morgan fingerprint density at radius 3 is 3.00 bits per heavy atom. The minimum Gasteiger partial charge on any atom is -0.465 e. The van der Waals surface area contributed by atoms with Crippen molar-refractivity contribution in [1.82, 2.24) is 10.4 Å². The summed E-state index contributed by atoms with van der Waals surface area (Å²) < 4.78 is 4.51. The molecule has 0 saturated heterocycles. The lowest BCUT2D eigenvalue weighted by atomic mass is 10.2. The van der Waals surface area contributed by atoms with E-state index in [2.05, 4.69) is 20.4 Å². The Morgan fingerprint density at radius 2 is 2.50 bits per heavy atom. The van der Waals surface area contributed by atoms with Crippen molar-refractivity contribution in [3.8, 4) is 0 Å². The molecule has 0 aliphatic rings. The van der Waals surface area contributed by atoms with Crippen LogP contribution in [0.15, 0.2) is 23.6 Å². The molecule has 0 unspecified atom stereocenters. The number of hydrogen-bond donors (Lipinski definition) is 2. The number of carbonyl (C=O) groups excluding carboxylic acids is 1. The van der Waals surface area contributed by atoms with Gasteiger partial charge in [0.25, 0.3) is 0 Å². The van der Waals surface area contributed by atoms with Crippen LogP contribution in [0.2, 0.25) is 0 Å². The highest BCUT2D eigenvalue weighted by Crippen LogP contribution is 2.01. The maximum absolute atomic E-state index is 11.0. The second-order valence-corrected chi connectivity index (χ2v) is 2.48. The van der Waals surface area contributed by atoms with Gasteiger partial charge in [0.1, 0.15) is 0 Å². The molecule has 6 nitrogen and oxygen atoms in total. The maximum atomic E-state index is 11.0. The van der Waals surface area contributed by atoms with E-state index in [0.29, 0.717) is 17.8 Å². The Morgan fingerprint density at radius 1 is 1.71 bits per heavy atom. The molecule has 2 N–H and O–H groups in total. The molecule has 1 rings (SSSR count). The molecule has 0 aliphatic heterocycles. The summed E-state index contributed by atoms with van der Waals surface area (Å²) in [6.07, 6.45) is 1.42. The van der Waals surface area contributed by atoms with Crippen LogP contribution in [0, 0.1) is 5.53 Å². The third-order valence-electron chi connectivity index (χ3n) is 1.59. The Balaban J connectivity index is 2.68. The van der Waals surface area contributed by atoms with Gasteiger partial charge in [0.15, 0.2) is 0 Å². The molecule has 0 radical (unpaired) electrons. The fourth-order valence-corrected chi connectivity index (χ4v) is 0.888. The third-order valence-corrected chi connectivity index (χ3v) is 1.59. The number of ether oxygens (including phenoxy) is 1. The number of esters is 1. The summed E-state index contributed by atoms with van der Waals surface area (Å²) in [5, 5.41) is 2.97. The number of pyridine rings is 1. The third kappa shape index (κ3) is 2.51. The first kappa shape index (κ1) is 10.1. The van der Waals surface area contributed by atoms with Crippen LogP contribution in [-0.2, 0) is 11.3 Å². The van der Waals surface area contributed by atoms with Gasteiger partial charge in [0.05, 0.1) is 24.9 Å². The lowest BCUT2D eigenvalue weighted by Gasteiger charge is -2.00. The zero-order valence-corrected chi connectivity index (χ0v) is 7.65. The van der Waals surface area contributed by atoms with Crippen molar-refractivity contribution in [3.63, 3.8) is 0 Å². The van der Waals surface area contributed by atoms with Crippen molar-refractivity contribution in [2.24, 2.45) is 5.22 Å². The number of methoxy groups -OCH3 is 1. The standard InChI is InChI=1S/C8H10N4O2/c1-14-8(13)6-2-3-7(10-4-6)5-11-12-9/h2-4H,5H2,1H3,(H2,9,11). The second kappa shape index (κ2) is 4.90. The lowest BCUT2D eigenvalue weighted by Crippen LogP contribution is -2.07. The van der Waals surface area contributed by atoms with Gasteiger partial charge >= 0.3 is 5.97 Å². The fourth-order valence-electron chi connectivity index (χ4n) is 0.888. The molecule has 0 atom stereocenters. The van der Waals surface area contributed by atoms with Gasteiger partial charge in [-0.2, -0.15) is 5.53 Å². The highest BCUT2D eigenvalue weighted by atomic mass is 16.5. The molecule has 0 bridgehead atoms. The molecular formula is C8H10N4O2. The molecule has 1 aromatic heterocycles. The molecule has 1 aromatic rings. The molecule has 14 heavy (non-hydrogen) atoms. The Hall–Kier alpha value is -1.98. The molecule has 0 amide bonds. The summed E-state index contributed by atoms with van der Waals surface area (Å²) in [6, 6.07) is 3.28. The number of nitrogens with one attached hydrogen (secondary N) is 2. The van der Waals surface area contributed by atoms with Crippen LogP contribution < -0.4 is 5.43 Å². The smallest absolute Gasteiger partial charge is 0.339 e. The van der Waals surface area contributed by atoms with Crippen molar-refractivity contribution in [2.75, 3.05) is 7.11 Å². The van der Waals surface area contributed by atoms with E-state index in [0.717, 1.165) is 0 Å². The van der Waals surface area contributed by atoms with Gasteiger partial charge in [-0.15, -0.1) is 0 Å². The average Bonchev–Trinajstić information content (AvgIpc) is 2.26. The first-order valence-corrected chi connectivity index (χ1v) is 3.90. The molecule has 0 saturated carbocycles. The molecule has 0 aliphatic carbocycles. The van der Waals surface area contributed by atoms with E-state index in [9.17, 15) is 4.79 Å². The summed E-state index contributed by atoms with van der Waals surface area (Å²) in [6.45, 7) is 0.366. The van der Waals surface area contributed by atoms with Crippen LogP contribution >= 0.6 is 0 Å². The normalized spacial score (nSPS) is 9.21. The van der Waals surface area contributed by atoms with Gasteiger partial charge < -0.3 is 4.74 Å². The van der Waals surface area contributed by atoms with Gasteiger partial charge in [-0.1, -0.05) is 5.22 Å². The van der Waals surface area contributed by atoms with E-state index in [4.69, 9.17) is 5.53 Å². The quantitative estimate of drug-likeness (QED) is 0.423. The number of carbonyl (C=O) groups is 1. The van der Waals surface area contributed by atoms with E-state index in [1.165, 1.54) is 13.3 Å². The number of aromatic nitrogens is 1. The average molecular weight is 194 g/mol. The number of nitrogens with zero attached hydrogens (tertiary/aromatic N) is 2. The second-order valence-electron chi connectivity index (χ2n) is 2.48. The minimum absolute atomic E-state index is 0.366. The Labute approximate surface area is 80.8 Å².